The van der Waals surface area contributed by atoms with Gasteiger partial charge in [0.2, 0.25) is 0 Å². The van der Waals surface area contributed by atoms with Crippen LogP contribution in [0.1, 0.15) is 44.1 Å². The molecule has 1 aliphatic carbocycles. The van der Waals surface area contributed by atoms with Gasteiger partial charge in [-0.05, 0) is 44.9 Å². The van der Waals surface area contributed by atoms with E-state index in [4.69, 9.17) is 16.3 Å². The SMILES string of the molecule is CC(C)(C)OC(=O)N1C=C2CC1CC21NC(=O)c2c(Cl)cc(Nc3ccncn3)c(=O)n21. The maximum Gasteiger partial charge on any atom is 0.414 e. The maximum atomic E-state index is 13.5. The van der Waals surface area contributed by atoms with Gasteiger partial charge in [-0.25, -0.2) is 14.8 Å². The van der Waals surface area contributed by atoms with E-state index in [0.29, 0.717) is 18.7 Å². The molecule has 2 N–H and O–H groups in total. The Morgan fingerprint density at radius 2 is 2.16 bits per heavy atom. The van der Waals surface area contributed by atoms with Gasteiger partial charge < -0.3 is 15.4 Å². The molecule has 5 rings (SSSR count). The van der Waals surface area contributed by atoms with E-state index in [1.54, 1.807) is 39.2 Å². The Hall–Kier alpha value is -3.40. The number of aromatic nitrogens is 3. The molecule has 4 heterocycles. The van der Waals surface area contributed by atoms with E-state index < -0.39 is 28.8 Å². The van der Waals surface area contributed by atoms with E-state index in [1.165, 1.54) is 21.9 Å². The van der Waals surface area contributed by atoms with Gasteiger partial charge in [-0.1, -0.05) is 11.6 Å². The lowest BCUT2D eigenvalue weighted by Gasteiger charge is -2.35. The topological polar surface area (TPSA) is 118 Å². The van der Waals surface area contributed by atoms with Crippen LogP contribution in [0.25, 0.3) is 0 Å². The molecule has 166 valence electrons. The minimum atomic E-state index is -1.07. The molecule has 1 fully saturated rings. The molecule has 10 nitrogen and oxygen atoms in total. The van der Waals surface area contributed by atoms with Gasteiger partial charge in [0.05, 0.1) is 5.02 Å². The number of anilines is 2. The van der Waals surface area contributed by atoms with Crippen LogP contribution in [0, 0.1) is 0 Å². The van der Waals surface area contributed by atoms with Gasteiger partial charge in [-0.3, -0.25) is 19.1 Å². The molecule has 3 aliphatic rings. The smallest absolute Gasteiger partial charge is 0.414 e. The van der Waals surface area contributed by atoms with Gasteiger partial charge in [0.15, 0.2) is 0 Å². The Labute approximate surface area is 188 Å². The van der Waals surface area contributed by atoms with Crippen LogP contribution in [0.15, 0.2) is 41.2 Å². The fourth-order valence-electron chi connectivity index (χ4n) is 4.53. The Balaban J connectivity index is 1.56. The summed E-state index contributed by atoms with van der Waals surface area (Å²) in [5, 5.41) is 6.04. The standard InChI is InChI=1S/C21H21ClN6O4/c1-20(2,3)32-19(31)27-9-11-6-12(27)8-21(11)26-17(29)16-13(22)7-14(18(30)28(16)21)25-15-4-5-23-10-24-15/h4-5,7,9-10,12H,6,8H2,1-3H3,(H,26,29)(H,23,24,25). The Morgan fingerprint density at radius 3 is 2.78 bits per heavy atom. The number of fused-ring (bicyclic) bond motifs is 5. The van der Waals surface area contributed by atoms with Gasteiger partial charge in [-0.2, -0.15) is 0 Å². The molecule has 2 bridgehead atoms. The minimum absolute atomic E-state index is 0.0992. The summed E-state index contributed by atoms with van der Waals surface area (Å²) >= 11 is 6.43. The predicted octanol–water partition coefficient (Wildman–Crippen LogP) is 2.73. The number of pyridine rings is 1. The highest BCUT2D eigenvalue weighted by molar-refractivity contribution is 6.34. The fourth-order valence-corrected chi connectivity index (χ4v) is 4.81. The van der Waals surface area contributed by atoms with E-state index in [0.717, 1.165) is 5.57 Å². The van der Waals surface area contributed by atoms with Crippen LogP contribution in [0.5, 0.6) is 0 Å². The normalized spacial score (nSPS) is 23.2. The summed E-state index contributed by atoms with van der Waals surface area (Å²) in [5.41, 5.74) is -1.09. The van der Waals surface area contributed by atoms with Crippen molar-refractivity contribution < 1.29 is 14.3 Å². The first-order valence-corrected chi connectivity index (χ1v) is 10.5. The summed E-state index contributed by atoms with van der Waals surface area (Å²) in [7, 11) is 0. The lowest BCUT2D eigenvalue weighted by molar-refractivity contribution is 0.0260. The fraction of sp³-hybridized carbons (Fsp3) is 0.381. The van der Waals surface area contributed by atoms with Crippen molar-refractivity contribution in [2.24, 2.45) is 0 Å². The predicted molar refractivity (Wildman–Crippen MR) is 116 cm³/mol. The molecule has 2 atom stereocenters. The number of hydrogen-bond acceptors (Lipinski definition) is 7. The monoisotopic (exact) mass is 456 g/mol. The van der Waals surface area contributed by atoms with Crippen molar-refractivity contribution in [2.45, 2.75) is 50.9 Å². The van der Waals surface area contributed by atoms with E-state index in [1.807, 2.05) is 0 Å². The molecular weight excluding hydrogens is 436 g/mol. The van der Waals surface area contributed by atoms with Crippen molar-refractivity contribution in [1.82, 2.24) is 24.8 Å². The van der Waals surface area contributed by atoms with Crippen LogP contribution in [0.4, 0.5) is 16.3 Å². The van der Waals surface area contributed by atoms with Crippen molar-refractivity contribution in [3.05, 3.63) is 57.5 Å². The van der Waals surface area contributed by atoms with E-state index in [-0.39, 0.29) is 22.4 Å². The molecule has 0 saturated heterocycles. The highest BCUT2D eigenvalue weighted by atomic mass is 35.5. The Morgan fingerprint density at radius 1 is 1.38 bits per heavy atom. The van der Waals surface area contributed by atoms with E-state index >= 15 is 0 Å². The van der Waals surface area contributed by atoms with Crippen LogP contribution in [0.3, 0.4) is 0 Å². The first-order chi connectivity index (χ1) is 15.1. The average molecular weight is 457 g/mol. The molecule has 2 aliphatic heterocycles. The zero-order valence-corrected chi connectivity index (χ0v) is 18.4. The van der Waals surface area contributed by atoms with E-state index in [2.05, 4.69) is 20.6 Å². The Bertz CT molecular complexity index is 1240. The van der Waals surface area contributed by atoms with Crippen molar-refractivity contribution >= 4 is 35.1 Å². The van der Waals surface area contributed by atoms with Crippen LogP contribution in [-0.4, -0.2) is 43.1 Å². The molecule has 2 aromatic heterocycles. The molecule has 1 spiro atoms. The van der Waals surface area contributed by atoms with Gasteiger partial charge in [0, 0.05) is 24.9 Å². The molecule has 0 radical (unpaired) electrons. The van der Waals surface area contributed by atoms with Gasteiger partial charge >= 0.3 is 6.09 Å². The summed E-state index contributed by atoms with van der Waals surface area (Å²) in [6, 6.07) is 2.80. The molecule has 1 saturated carbocycles. The summed E-state index contributed by atoms with van der Waals surface area (Å²) in [4.78, 5) is 48.4. The number of nitrogens with one attached hydrogen (secondary N) is 2. The quantitative estimate of drug-likeness (QED) is 0.713. The second-order valence-corrected chi connectivity index (χ2v) is 9.44. The number of nitrogens with zero attached hydrogens (tertiary/aromatic N) is 4. The molecule has 0 aromatic carbocycles. The van der Waals surface area contributed by atoms with Crippen molar-refractivity contribution in [3.63, 3.8) is 0 Å². The largest absolute Gasteiger partial charge is 0.443 e. The zero-order chi connectivity index (χ0) is 22.8. The first-order valence-electron chi connectivity index (χ1n) is 10.1. The third-order valence-corrected chi connectivity index (χ3v) is 6.01. The van der Waals surface area contributed by atoms with Crippen LogP contribution in [-0.2, 0) is 10.4 Å². The van der Waals surface area contributed by atoms with E-state index in [9.17, 15) is 14.4 Å². The van der Waals surface area contributed by atoms with Crippen molar-refractivity contribution in [1.29, 1.82) is 0 Å². The number of carbonyl (C=O) groups is 2. The molecule has 32 heavy (non-hydrogen) atoms. The molecule has 2 aromatic rings. The second kappa shape index (κ2) is 6.80. The molecule has 2 amide bonds. The number of amides is 2. The van der Waals surface area contributed by atoms with Crippen molar-refractivity contribution in [3.8, 4) is 0 Å². The number of hydrogen-bond donors (Lipinski definition) is 2. The first kappa shape index (κ1) is 20.5. The lowest BCUT2D eigenvalue weighted by Crippen LogP contribution is -2.51. The third kappa shape index (κ3) is 3.05. The molecular formula is C21H21ClN6O4. The highest BCUT2D eigenvalue weighted by Crippen LogP contribution is 2.49. The third-order valence-electron chi connectivity index (χ3n) is 5.73. The van der Waals surface area contributed by atoms with Gasteiger partial charge in [0.1, 0.15) is 34.8 Å². The number of carbonyl (C=O) groups excluding carboxylic acids is 2. The van der Waals surface area contributed by atoms with Crippen LogP contribution in [0.2, 0.25) is 5.02 Å². The number of rotatable bonds is 2. The number of ether oxygens (including phenoxy) is 1. The maximum absolute atomic E-state index is 13.5. The summed E-state index contributed by atoms with van der Waals surface area (Å²) in [6.07, 6.45) is 4.97. The lowest BCUT2D eigenvalue weighted by atomic mass is 10.0. The minimum Gasteiger partial charge on any atom is -0.443 e. The zero-order valence-electron chi connectivity index (χ0n) is 17.7. The Kier molecular flexibility index (Phi) is 4.35. The van der Waals surface area contributed by atoms with Crippen LogP contribution >= 0.6 is 11.6 Å². The molecule has 2 unspecified atom stereocenters. The molecule has 11 heteroatoms. The second-order valence-electron chi connectivity index (χ2n) is 9.03. The van der Waals surface area contributed by atoms with Crippen molar-refractivity contribution in [2.75, 3.05) is 5.32 Å². The highest BCUT2D eigenvalue weighted by Gasteiger charge is 2.58. The number of halogens is 1. The van der Waals surface area contributed by atoms with Gasteiger partial charge in [0.25, 0.3) is 11.5 Å². The summed E-state index contributed by atoms with van der Waals surface area (Å²) in [5.74, 6) is -0.0127. The van der Waals surface area contributed by atoms with Crippen LogP contribution < -0.4 is 16.2 Å². The summed E-state index contributed by atoms with van der Waals surface area (Å²) in [6.45, 7) is 5.40. The summed E-state index contributed by atoms with van der Waals surface area (Å²) < 4.78 is 6.89. The van der Waals surface area contributed by atoms with Gasteiger partial charge in [-0.15, -0.1) is 0 Å². The average Bonchev–Trinajstić information content (AvgIpc) is 3.36.